The predicted octanol–water partition coefficient (Wildman–Crippen LogP) is 2.46. The van der Waals surface area contributed by atoms with Crippen molar-refractivity contribution in [2.45, 2.75) is 20.5 Å². The number of carbonyl (C=O) groups excluding carboxylic acids is 1. The second-order valence-electron chi connectivity index (χ2n) is 2.44. The fraction of sp³-hybridized carbons (Fsp3) is 0.500. The van der Waals surface area contributed by atoms with E-state index in [1.54, 1.807) is 25.4 Å². The third-order valence-electron chi connectivity index (χ3n) is 1.21. The standard InChI is InChI=1S/C6H8OS.C4H8O2/c1-7-5-6-3-2-4-8-6;1-3-6-4(2)5/h2-4H,5H2,1H3;3H2,1-2H3. The molecule has 0 saturated carbocycles. The fourth-order valence-corrected chi connectivity index (χ4v) is 1.42. The Balaban J connectivity index is 0.000000255. The molecule has 0 unspecified atom stereocenters. The van der Waals surface area contributed by atoms with Crippen molar-refractivity contribution in [3.8, 4) is 0 Å². The summed E-state index contributed by atoms with van der Waals surface area (Å²) < 4.78 is 9.30. The van der Waals surface area contributed by atoms with Gasteiger partial charge >= 0.3 is 5.97 Å². The molecular formula is C10H16O3S. The molecule has 1 aromatic rings. The van der Waals surface area contributed by atoms with Gasteiger partial charge in [-0.1, -0.05) is 6.07 Å². The van der Waals surface area contributed by atoms with E-state index in [1.165, 1.54) is 11.8 Å². The molecule has 0 fully saturated rings. The van der Waals surface area contributed by atoms with Crippen molar-refractivity contribution < 1.29 is 14.3 Å². The van der Waals surface area contributed by atoms with Crippen LogP contribution in [0.5, 0.6) is 0 Å². The number of esters is 1. The molecule has 1 rings (SSSR count). The fourth-order valence-electron chi connectivity index (χ4n) is 0.740. The van der Waals surface area contributed by atoms with Gasteiger partial charge in [-0.3, -0.25) is 4.79 Å². The van der Waals surface area contributed by atoms with E-state index in [1.807, 2.05) is 11.4 Å². The predicted molar refractivity (Wildman–Crippen MR) is 57.3 cm³/mol. The van der Waals surface area contributed by atoms with Gasteiger partial charge in [0.2, 0.25) is 0 Å². The monoisotopic (exact) mass is 216 g/mol. The van der Waals surface area contributed by atoms with Crippen LogP contribution in [0.3, 0.4) is 0 Å². The van der Waals surface area contributed by atoms with Crippen molar-refractivity contribution >= 4 is 17.3 Å². The highest BCUT2D eigenvalue weighted by atomic mass is 32.1. The van der Waals surface area contributed by atoms with Crippen LogP contribution in [0.2, 0.25) is 0 Å². The Bertz CT molecular complexity index is 232. The second-order valence-corrected chi connectivity index (χ2v) is 3.47. The van der Waals surface area contributed by atoms with Gasteiger partial charge in [0, 0.05) is 18.9 Å². The lowest BCUT2D eigenvalue weighted by molar-refractivity contribution is -0.140. The summed E-state index contributed by atoms with van der Waals surface area (Å²) in [6, 6.07) is 4.09. The zero-order valence-corrected chi connectivity index (χ0v) is 9.60. The van der Waals surface area contributed by atoms with Crippen molar-refractivity contribution in [3.63, 3.8) is 0 Å². The Hall–Kier alpha value is -0.870. The normalized spacial score (nSPS) is 8.79. The quantitative estimate of drug-likeness (QED) is 0.728. The van der Waals surface area contributed by atoms with Crippen LogP contribution in [0.4, 0.5) is 0 Å². The minimum atomic E-state index is -0.211. The van der Waals surface area contributed by atoms with E-state index in [0.717, 1.165) is 6.61 Å². The van der Waals surface area contributed by atoms with Gasteiger partial charge < -0.3 is 9.47 Å². The van der Waals surface area contributed by atoms with Gasteiger partial charge in [0.25, 0.3) is 0 Å². The zero-order chi connectivity index (χ0) is 10.8. The number of hydrogen-bond acceptors (Lipinski definition) is 4. The molecule has 4 heteroatoms. The van der Waals surface area contributed by atoms with E-state index in [0.29, 0.717) is 6.61 Å². The molecule has 0 spiro atoms. The lowest BCUT2D eigenvalue weighted by Crippen LogP contribution is -1.95. The van der Waals surface area contributed by atoms with Gasteiger partial charge in [0.05, 0.1) is 13.2 Å². The van der Waals surface area contributed by atoms with Gasteiger partial charge in [-0.15, -0.1) is 11.3 Å². The molecule has 3 nitrogen and oxygen atoms in total. The van der Waals surface area contributed by atoms with Crippen LogP contribution in [0.1, 0.15) is 18.7 Å². The minimum absolute atomic E-state index is 0.211. The maximum absolute atomic E-state index is 9.82. The number of carbonyl (C=O) groups is 1. The Labute approximate surface area is 88.7 Å². The van der Waals surface area contributed by atoms with Gasteiger partial charge in [-0.05, 0) is 18.4 Å². The number of thiophene rings is 1. The second kappa shape index (κ2) is 8.72. The van der Waals surface area contributed by atoms with Crippen molar-refractivity contribution in [3.05, 3.63) is 22.4 Å². The Morgan fingerprint density at radius 2 is 2.29 bits per heavy atom. The molecule has 0 aliphatic heterocycles. The number of methoxy groups -OCH3 is 1. The van der Waals surface area contributed by atoms with Gasteiger partial charge in [0.15, 0.2) is 0 Å². The summed E-state index contributed by atoms with van der Waals surface area (Å²) >= 11 is 1.72. The molecule has 1 aromatic heterocycles. The first-order valence-electron chi connectivity index (χ1n) is 4.35. The Kier molecular flexibility index (Phi) is 8.17. The van der Waals surface area contributed by atoms with E-state index in [4.69, 9.17) is 4.74 Å². The van der Waals surface area contributed by atoms with E-state index >= 15 is 0 Å². The highest BCUT2D eigenvalue weighted by Gasteiger charge is 1.87. The lowest BCUT2D eigenvalue weighted by Gasteiger charge is -1.89. The first kappa shape index (κ1) is 13.1. The summed E-state index contributed by atoms with van der Waals surface area (Å²) in [6.45, 7) is 4.40. The van der Waals surface area contributed by atoms with Gasteiger partial charge in [0.1, 0.15) is 0 Å². The van der Waals surface area contributed by atoms with Crippen LogP contribution in [-0.2, 0) is 20.9 Å². The van der Waals surface area contributed by atoms with E-state index < -0.39 is 0 Å². The third-order valence-corrected chi connectivity index (χ3v) is 2.06. The average molecular weight is 216 g/mol. The van der Waals surface area contributed by atoms with E-state index in [-0.39, 0.29) is 5.97 Å². The van der Waals surface area contributed by atoms with E-state index in [2.05, 4.69) is 10.8 Å². The average Bonchev–Trinajstić information content (AvgIpc) is 2.58. The van der Waals surface area contributed by atoms with Crippen molar-refractivity contribution in [1.82, 2.24) is 0 Å². The van der Waals surface area contributed by atoms with Crippen molar-refractivity contribution in [2.24, 2.45) is 0 Å². The Morgan fingerprint density at radius 1 is 1.57 bits per heavy atom. The summed E-state index contributed by atoms with van der Waals surface area (Å²) in [4.78, 5) is 11.1. The number of hydrogen-bond donors (Lipinski definition) is 0. The largest absolute Gasteiger partial charge is 0.466 e. The molecule has 0 aliphatic carbocycles. The van der Waals surface area contributed by atoms with E-state index in [9.17, 15) is 4.79 Å². The summed E-state index contributed by atoms with van der Waals surface area (Å²) in [5, 5.41) is 2.05. The first-order valence-corrected chi connectivity index (χ1v) is 5.23. The molecule has 0 atom stereocenters. The van der Waals surface area contributed by atoms with Gasteiger partial charge in [-0.2, -0.15) is 0 Å². The summed E-state index contributed by atoms with van der Waals surface area (Å²) in [6.07, 6.45) is 0. The number of ether oxygens (including phenoxy) is 2. The molecule has 0 amide bonds. The summed E-state index contributed by atoms with van der Waals surface area (Å²) in [7, 11) is 1.71. The maximum atomic E-state index is 9.82. The molecule has 0 aliphatic rings. The molecule has 80 valence electrons. The maximum Gasteiger partial charge on any atom is 0.302 e. The van der Waals surface area contributed by atoms with Crippen LogP contribution in [-0.4, -0.2) is 19.7 Å². The Morgan fingerprint density at radius 3 is 2.57 bits per heavy atom. The van der Waals surface area contributed by atoms with Crippen LogP contribution >= 0.6 is 11.3 Å². The molecule has 14 heavy (non-hydrogen) atoms. The molecular weight excluding hydrogens is 200 g/mol. The van der Waals surface area contributed by atoms with Crippen molar-refractivity contribution in [1.29, 1.82) is 0 Å². The van der Waals surface area contributed by atoms with Crippen molar-refractivity contribution in [2.75, 3.05) is 13.7 Å². The molecule has 0 bridgehead atoms. The first-order chi connectivity index (χ1) is 6.70. The zero-order valence-electron chi connectivity index (χ0n) is 8.78. The highest BCUT2D eigenvalue weighted by Crippen LogP contribution is 2.08. The molecule has 0 aromatic carbocycles. The van der Waals surface area contributed by atoms with Crippen LogP contribution in [0, 0.1) is 0 Å². The highest BCUT2D eigenvalue weighted by molar-refractivity contribution is 7.09. The summed E-state index contributed by atoms with van der Waals surface area (Å²) in [5.41, 5.74) is 0. The van der Waals surface area contributed by atoms with Crippen LogP contribution < -0.4 is 0 Å². The number of rotatable bonds is 3. The topological polar surface area (TPSA) is 35.5 Å². The molecule has 1 heterocycles. The molecule has 0 N–H and O–H groups in total. The third kappa shape index (κ3) is 7.76. The SMILES string of the molecule is CCOC(C)=O.COCc1cccs1. The van der Waals surface area contributed by atoms with Crippen LogP contribution in [0.15, 0.2) is 17.5 Å². The molecule has 0 radical (unpaired) electrons. The van der Waals surface area contributed by atoms with Gasteiger partial charge in [-0.25, -0.2) is 0 Å². The minimum Gasteiger partial charge on any atom is -0.466 e. The smallest absolute Gasteiger partial charge is 0.302 e. The van der Waals surface area contributed by atoms with Crippen LogP contribution in [0.25, 0.3) is 0 Å². The summed E-state index contributed by atoms with van der Waals surface area (Å²) in [5.74, 6) is -0.211. The lowest BCUT2D eigenvalue weighted by atomic mass is 10.5. The molecule has 0 saturated heterocycles.